The summed E-state index contributed by atoms with van der Waals surface area (Å²) in [5.74, 6) is -1.00. The summed E-state index contributed by atoms with van der Waals surface area (Å²) in [6.07, 6.45) is 0.404. The molecule has 9 heteroatoms. The molecule has 21 heavy (non-hydrogen) atoms. The zero-order valence-corrected chi connectivity index (χ0v) is 12.8. The van der Waals surface area contributed by atoms with E-state index in [1.807, 2.05) is 0 Å². The molecule has 2 N–H and O–H groups in total. The van der Waals surface area contributed by atoms with Crippen molar-refractivity contribution in [1.29, 1.82) is 0 Å². The maximum absolute atomic E-state index is 13.2. The number of aliphatic hydroxyl groups is 1. The van der Waals surface area contributed by atoms with Crippen LogP contribution in [0.15, 0.2) is 23.1 Å². The Labute approximate surface area is 123 Å². The van der Waals surface area contributed by atoms with Gasteiger partial charge in [0, 0.05) is 6.54 Å². The van der Waals surface area contributed by atoms with E-state index >= 15 is 0 Å². The number of hydrogen-bond donors (Lipinski definition) is 2. The molecule has 2 rings (SSSR count). The fourth-order valence-corrected chi connectivity index (χ4v) is 5.47. The second-order valence-corrected chi connectivity index (χ2v) is 9.00. The summed E-state index contributed by atoms with van der Waals surface area (Å²) in [7, 11) is -7.08. The van der Waals surface area contributed by atoms with E-state index < -0.39 is 32.3 Å². The third-order valence-electron chi connectivity index (χ3n) is 3.38. The largest absolute Gasteiger partial charge is 0.392 e. The lowest BCUT2D eigenvalue weighted by atomic mass is 10.1. The van der Waals surface area contributed by atoms with Gasteiger partial charge in [-0.2, -0.15) is 0 Å². The lowest BCUT2D eigenvalue weighted by Gasteiger charge is -2.12. The predicted molar refractivity (Wildman–Crippen MR) is 74.3 cm³/mol. The molecule has 118 valence electrons. The molecule has 1 atom stereocenters. The number of sulfone groups is 1. The maximum atomic E-state index is 13.2. The van der Waals surface area contributed by atoms with E-state index in [0.717, 1.165) is 12.1 Å². The average Bonchev–Trinajstić information content (AvgIpc) is 2.76. The Bertz CT molecular complexity index is 730. The zero-order chi connectivity index (χ0) is 15.7. The van der Waals surface area contributed by atoms with Crippen LogP contribution in [0.25, 0.3) is 0 Å². The quantitative estimate of drug-likeness (QED) is 0.789. The number of hydrogen-bond acceptors (Lipinski definition) is 5. The predicted octanol–water partition coefficient (Wildman–Crippen LogP) is 0.0310. The SMILES string of the molecule is O=S1(=O)CCC(CNS(=O)(=O)c2cc(F)ccc2CO)C1. The molecule has 0 bridgehead atoms. The molecule has 1 aromatic carbocycles. The molecular weight excluding hydrogens is 321 g/mol. The monoisotopic (exact) mass is 337 g/mol. The van der Waals surface area contributed by atoms with Gasteiger partial charge in [-0.25, -0.2) is 25.9 Å². The number of sulfonamides is 1. The van der Waals surface area contributed by atoms with Crippen LogP contribution >= 0.6 is 0 Å². The van der Waals surface area contributed by atoms with Crippen LogP contribution in [0.4, 0.5) is 4.39 Å². The van der Waals surface area contributed by atoms with Crippen LogP contribution in [-0.2, 0) is 26.5 Å². The Morgan fingerprint density at radius 3 is 2.67 bits per heavy atom. The minimum atomic E-state index is -4.00. The highest BCUT2D eigenvalue weighted by atomic mass is 32.2. The molecule has 0 aliphatic carbocycles. The third kappa shape index (κ3) is 4.00. The smallest absolute Gasteiger partial charge is 0.241 e. The summed E-state index contributed by atoms with van der Waals surface area (Å²) < 4.78 is 62.4. The Balaban J connectivity index is 2.14. The lowest BCUT2D eigenvalue weighted by molar-refractivity contribution is 0.278. The van der Waals surface area contributed by atoms with Gasteiger partial charge < -0.3 is 5.11 Å². The van der Waals surface area contributed by atoms with Gasteiger partial charge in [0.1, 0.15) is 5.82 Å². The van der Waals surface area contributed by atoms with E-state index in [0.29, 0.717) is 6.42 Å². The summed E-state index contributed by atoms with van der Waals surface area (Å²) in [6.45, 7) is -0.558. The van der Waals surface area contributed by atoms with Crippen LogP contribution in [0.3, 0.4) is 0 Å². The number of aliphatic hydroxyl groups excluding tert-OH is 1. The summed E-state index contributed by atoms with van der Waals surface area (Å²) in [5.41, 5.74) is 0.0861. The molecule has 0 amide bonds. The van der Waals surface area contributed by atoms with Crippen molar-refractivity contribution in [2.45, 2.75) is 17.9 Å². The molecule has 1 fully saturated rings. The topological polar surface area (TPSA) is 101 Å². The minimum absolute atomic E-state index is 0.0249. The van der Waals surface area contributed by atoms with Crippen molar-refractivity contribution in [2.24, 2.45) is 5.92 Å². The molecule has 0 saturated carbocycles. The van der Waals surface area contributed by atoms with Crippen molar-refractivity contribution in [3.63, 3.8) is 0 Å². The first-order chi connectivity index (χ1) is 9.73. The van der Waals surface area contributed by atoms with Crippen molar-refractivity contribution >= 4 is 19.9 Å². The Morgan fingerprint density at radius 2 is 2.10 bits per heavy atom. The first-order valence-electron chi connectivity index (χ1n) is 6.33. The van der Waals surface area contributed by atoms with Gasteiger partial charge in [-0.3, -0.25) is 0 Å². The number of nitrogens with one attached hydrogen (secondary N) is 1. The first kappa shape index (κ1) is 16.3. The van der Waals surface area contributed by atoms with Crippen molar-refractivity contribution in [2.75, 3.05) is 18.1 Å². The van der Waals surface area contributed by atoms with E-state index in [2.05, 4.69) is 4.72 Å². The highest BCUT2D eigenvalue weighted by molar-refractivity contribution is 7.91. The maximum Gasteiger partial charge on any atom is 0.241 e. The fraction of sp³-hybridized carbons (Fsp3) is 0.500. The number of halogens is 1. The van der Waals surface area contributed by atoms with Gasteiger partial charge in [-0.15, -0.1) is 0 Å². The molecule has 6 nitrogen and oxygen atoms in total. The molecule has 1 aliphatic heterocycles. The number of benzene rings is 1. The second kappa shape index (κ2) is 5.99. The molecule has 0 radical (unpaired) electrons. The molecule has 1 heterocycles. The first-order valence-corrected chi connectivity index (χ1v) is 9.63. The molecule has 0 spiro atoms. The standard InChI is InChI=1S/C12H16FNO5S2/c13-11-2-1-10(7-15)12(5-11)21(18,19)14-6-9-3-4-20(16,17)8-9/h1-2,5,9,14-15H,3-4,6-8H2. The van der Waals surface area contributed by atoms with Gasteiger partial charge in [-0.1, -0.05) is 6.07 Å². The van der Waals surface area contributed by atoms with Crippen LogP contribution in [0.2, 0.25) is 0 Å². The zero-order valence-electron chi connectivity index (χ0n) is 11.1. The Kier molecular flexibility index (Phi) is 4.66. The Hall–Kier alpha value is -1.03. The minimum Gasteiger partial charge on any atom is -0.392 e. The highest BCUT2D eigenvalue weighted by Gasteiger charge is 2.29. The van der Waals surface area contributed by atoms with Crippen molar-refractivity contribution in [3.05, 3.63) is 29.6 Å². The van der Waals surface area contributed by atoms with Crippen LogP contribution in [-0.4, -0.2) is 40.0 Å². The van der Waals surface area contributed by atoms with Gasteiger partial charge in [0.05, 0.1) is 23.0 Å². The molecule has 1 aromatic rings. The second-order valence-electron chi connectivity index (χ2n) is 5.03. The van der Waals surface area contributed by atoms with Gasteiger partial charge in [-0.05, 0) is 30.0 Å². The third-order valence-corrected chi connectivity index (χ3v) is 6.72. The van der Waals surface area contributed by atoms with E-state index in [9.17, 15) is 21.2 Å². The molecule has 0 aromatic heterocycles. The lowest BCUT2D eigenvalue weighted by Crippen LogP contribution is -2.30. The van der Waals surface area contributed by atoms with E-state index in [1.54, 1.807) is 0 Å². The van der Waals surface area contributed by atoms with Crippen molar-refractivity contribution in [3.8, 4) is 0 Å². The normalized spacial score (nSPS) is 21.5. The fourth-order valence-electron chi connectivity index (χ4n) is 2.25. The van der Waals surface area contributed by atoms with Crippen LogP contribution < -0.4 is 4.72 Å². The van der Waals surface area contributed by atoms with Gasteiger partial charge in [0.25, 0.3) is 0 Å². The summed E-state index contributed by atoms with van der Waals surface area (Å²) in [4.78, 5) is -0.328. The molecule has 1 saturated heterocycles. The van der Waals surface area contributed by atoms with Gasteiger partial charge >= 0.3 is 0 Å². The van der Waals surface area contributed by atoms with Crippen molar-refractivity contribution < 1.29 is 26.3 Å². The van der Waals surface area contributed by atoms with E-state index in [-0.39, 0.29) is 34.4 Å². The Morgan fingerprint density at radius 1 is 1.38 bits per heavy atom. The molecular formula is C12H16FNO5S2. The van der Waals surface area contributed by atoms with Crippen LogP contribution in [0.1, 0.15) is 12.0 Å². The van der Waals surface area contributed by atoms with Gasteiger partial charge in [0.2, 0.25) is 10.0 Å². The van der Waals surface area contributed by atoms with E-state index in [4.69, 9.17) is 5.11 Å². The molecule has 1 aliphatic rings. The van der Waals surface area contributed by atoms with Crippen LogP contribution in [0, 0.1) is 11.7 Å². The molecule has 1 unspecified atom stereocenters. The highest BCUT2D eigenvalue weighted by Crippen LogP contribution is 2.20. The van der Waals surface area contributed by atoms with E-state index in [1.165, 1.54) is 6.07 Å². The van der Waals surface area contributed by atoms with Gasteiger partial charge in [0.15, 0.2) is 9.84 Å². The number of rotatable bonds is 5. The average molecular weight is 337 g/mol. The summed E-state index contributed by atoms with van der Waals surface area (Å²) in [5, 5.41) is 9.13. The summed E-state index contributed by atoms with van der Waals surface area (Å²) >= 11 is 0. The summed E-state index contributed by atoms with van der Waals surface area (Å²) in [6, 6.07) is 3.09. The van der Waals surface area contributed by atoms with Crippen molar-refractivity contribution in [1.82, 2.24) is 4.72 Å². The van der Waals surface area contributed by atoms with Crippen LogP contribution in [0.5, 0.6) is 0 Å².